The highest BCUT2D eigenvalue weighted by molar-refractivity contribution is 5.97. The van der Waals surface area contributed by atoms with Crippen LogP contribution < -0.4 is 9.64 Å². The molecule has 0 aromatic heterocycles. The van der Waals surface area contributed by atoms with E-state index in [4.69, 9.17) is 9.47 Å². The molecule has 1 unspecified atom stereocenters. The van der Waals surface area contributed by atoms with Crippen molar-refractivity contribution in [1.29, 1.82) is 0 Å². The van der Waals surface area contributed by atoms with Crippen LogP contribution in [0.5, 0.6) is 5.75 Å². The topological polar surface area (TPSA) is 38.8 Å². The smallest absolute Gasteiger partial charge is 0.227 e. The summed E-state index contributed by atoms with van der Waals surface area (Å²) >= 11 is 0. The third-order valence-electron chi connectivity index (χ3n) is 6.11. The van der Waals surface area contributed by atoms with E-state index in [2.05, 4.69) is 32.6 Å². The monoisotopic (exact) mass is 421 g/mol. The molecule has 2 aromatic rings. The predicted octanol–water partition coefficient (Wildman–Crippen LogP) is 6.46. The minimum atomic E-state index is 0.0334. The van der Waals surface area contributed by atoms with Crippen LogP contribution in [0.3, 0.4) is 0 Å². The quantitative estimate of drug-likeness (QED) is 0.309. The molecule has 166 valence electrons. The Hall–Kier alpha value is -2.59. The number of hydrogen-bond acceptors (Lipinski definition) is 3. The molecule has 0 aliphatic carbocycles. The van der Waals surface area contributed by atoms with Gasteiger partial charge < -0.3 is 14.4 Å². The van der Waals surface area contributed by atoms with Crippen LogP contribution in [0.1, 0.15) is 63.2 Å². The van der Waals surface area contributed by atoms with E-state index in [0.29, 0.717) is 18.9 Å². The van der Waals surface area contributed by atoms with E-state index in [1.807, 2.05) is 47.4 Å². The van der Waals surface area contributed by atoms with Crippen LogP contribution in [0.25, 0.3) is 0 Å². The van der Waals surface area contributed by atoms with Crippen molar-refractivity contribution >= 4 is 11.6 Å². The fraction of sp³-hybridized carbons (Fsp3) is 0.444. The molecule has 2 aromatic carbocycles. The highest BCUT2D eigenvalue weighted by Crippen LogP contribution is 2.33. The highest BCUT2D eigenvalue weighted by Gasteiger charge is 2.36. The summed E-state index contributed by atoms with van der Waals surface area (Å²) in [6.07, 6.45) is 6.98. The van der Waals surface area contributed by atoms with Crippen molar-refractivity contribution in [2.24, 2.45) is 5.92 Å². The van der Waals surface area contributed by atoms with Crippen LogP contribution in [-0.2, 0) is 16.1 Å². The van der Waals surface area contributed by atoms with Gasteiger partial charge in [0, 0.05) is 12.1 Å². The van der Waals surface area contributed by atoms with Gasteiger partial charge >= 0.3 is 0 Å². The lowest BCUT2D eigenvalue weighted by molar-refractivity contribution is -0.117. The van der Waals surface area contributed by atoms with E-state index in [1.54, 1.807) is 7.11 Å². The largest absolute Gasteiger partial charge is 0.497 e. The van der Waals surface area contributed by atoms with E-state index < -0.39 is 0 Å². The third kappa shape index (κ3) is 5.76. The Bertz CT molecular complexity index is 844. The van der Waals surface area contributed by atoms with Crippen molar-refractivity contribution in [1.82, 2.24) is 0 Å². The zero-order valence-electron chi connectivity index (χ0n) is 19.0. The molecule has 0 N–H and O–H groups in total. The second kappa shape index (κ2) is 11.1. The first-order chi connectivity index (χ1) is 15.1. The Balaban J connectivity index is 1.72. The van der Waals surface area contributed by atoms with Crippen molar-refractivity contribution < 1.29 is 14.3 Å². The molecule has 0 bridgehead atoms. The number of amides is 1. The number of unbranched alkanes of at least 4 members (excludes halogenated alkanes) is 2. The summed E-state index contributed by atoms with van der Waals surface area (Å²) in [5.74, 6) is 1.31. The summed E-state index contributed by atoms with van der Waals surface area (Å²) in [5, 5.41) is 0. The van der Waals surface area contributed by atoms with Gasteiger partial charge in [-0.25, -0.2) is 0 Å². The zero-order chi connectivity index (χ0) is 22.2. The normalized spacial score (nSPS) is 19.5. The molecule has 4 nitrogen and oxygen atoms in total. The molecule has 1 amide bonds. The maximum atomic E-state index is 12.5. The van der Waals surface area contributed by atoms with Crippen molar-refractivity contribution in [3.63, 3.8) is 0 Å². The number of benzene rings is 2. The van der Waals surface area contributed by atoms with Crippen LogP contribution in [-0.4, -0.2) is 19.1 Å². The minimum Gasteiger partial charge on any atom is -0.497 e. The van der Waals surface area contributed by atoms with Crippen molar-refractivity contribution in [3.8, 4) is 5.75 Å². The average Bonchev–Trinajstić information content (AvgIpc) is 3.09. The lowest BCUT2D eigenvalue weighted by Gasteiger charge is -2.25. The molecule has 1 aliphatic rings. The molecule has 3 atom stereocenters. The zero-order valence-corrected chi connectivity index (χ0v) is 19.0. The summed E-state index contributed by atoms with van der Waals surface area (Å²) < 4.78 is 11.6. The minimum absolute atomic E-state index is 0.0334. The van der Waals surface area contributed by atoms with Crippen LogP contribution in [0.15, 0.2) is 61.2 Å². The van der Waals surface area contributed by atoms with Crippen molar-refractivity contribution in [3.05, 3.63) is 72.3 Å². The summed E-state index contributed by atoms with van der Waals surface area (Å²) in [5.41, 5.74) is 3.22. The van der Waals surface area contributed by atoms with E-state index >= 15 is 0 Å². The van der Waals surface area contributed by atoms with Crippen molar-refractivity contribution in [2.45, 2.75) is 64.7 Å². The summed E-state index contributed by atoms with van der Waals surface area (Å²) in [6, 6.07) is 16.4. The molecular formula is C27H35NO3. The molecule has 0 spiro atoms. The standard InChI is InChI=1S/C27H35NO3/c1-5-7-8-9-26(31-19-21-10-16-24(30-4)17-11-21)22-12-14-23(15-13-22)28-25(6-2)20(3)18-27(28)29/h6,10-17,20,25-26H,2,5,7-9,18-19H2,1,3-4H3/t20-,25+,26?/m1/s1. The maximum Gasteiger partial charge on any atom is 0.227 e. The molecule has 0 radical (unpaired) electrons. The fourth-order valence-electron chi connectivity index (χ4n) is 4.26. The van der Waals surface area contributed by atoms with Gasteiger partial charge in [-0.05, 0) is 47.7 Å². The van der Waals surface area contributed by atoms with Gasteiger partial charge in [-0.15, -0.1) is 6.58 Å². The number of hydrogen-bond donors (Lipinski definition) is 0. The highest BCUT2D eigenvalue weighted by atomic mass is 16.5. The van der Waals surface area contributed by atoms with Crippen LogP contribution in [0, 0.1) is 5.92 Å². The Labute approximate surface area is 186 Å². The SMILES string of the molecule is C=C[C@H]1[C@H](C)CC(=O)N1c1ccc(C(CCCCC)OCc2ccc(OC)cc2)cc1. The molecular weight excluding hydrogens is 386 g/mol. The lowest BCUT2D eigenvalue weighted by Crippen LogP contribution is -2.33. The van der Waals surface area contributed by atoms with Gasteiger partial charge in [0.2, 0.25) is 5.91 Å². The summed E-state index contributed by atoms with van der Waals surface area (Å²) in [7, 11) is 1.67. The molecule has 3 rings (SSSR count). The molecule has 0 saturated carbocycles. The van der Waals surface area contributed by atoms with Crippen LogP contribution >= 0.6 is 0 Å². The number of rotatable bonds is 11. The third-order valence-corrected chi connectivity index (χ3v) is 6.11. The van der Waals surface area contributed by atoms with Gasteiger partial charge in [-0.2, -0.15) is 0 Å². The predicted molar refractivity (Wildman–Crippen MR) is 126 cm³/mol. The number of carbonyl (C=O) groups is 1. The number of nitrogens with zero attached hydrogens (tertiary/aromatic N) is 1. The van der Waals surface area contributed by atoms with Gasteiger partial charge in [0.05, 0.1) is 25.9 Å². The Morgan fingerprint density at radius 2 is 1.84 bits per heavy atom. The Morgan fingerprint density at radius 1 is 1.13 bits per heavy atom. The first-order valence-electron chi connectivity index (χ1n) is 11.4. The van der Waals surface area contributed by atoms with Gasteiger partial charge in [-0.3, -0.25) is 4.79 Å². The van der Waals surface area contributed by atoms with E-state index in [1.165, 1.54) is 12.8 Å². The number of ether oxygens (including phenoxy) is 2. The molecule has 1 aliphatic heterocycles. The molecule has 1 heterocycles. The molecule has 1 saturated heterocycles. The Kier molecular flexibility index (Phi) is 8.30. The number of carbonyl (C=O) groups excluding carboxylic acids is 1. The van der Waals surface area contributed by atoms with E-state index in [-0.39, 0.29) is 18.1 Å². The lowest BCUT2D eigenvalue weighted by atomic mass is 10.0. The molecule has 31 heavy (non-hydrogen) atoms. The first kappa shape index (κ1) is 23.1. The van der Waals surface area contributed by atoms with Crippen molar-refractivity contribution in [2.75, 3.05) is 12.0 Å². The molecule has 1 fully saturated rings. The fourth-order valence-corrected chi connectivity index (χ4v) is 4.26. The number of methoxy groups -OCH3 is 1. The second-order valence-electron chi connectivity index (χ2n) is 8.41. The van der Waals surface area contributed by atoms with Gasteiger partial charge in [0.1, 0.15) is 5.75 Å². The van der Waals surface area contributed by atoms with Crippen LogP contribution in [0.4, 0.5) is 5.69 Å². The van der Waals surface area contributed by atoms with Gasteiger partial charge in [0.15, 0.2) is 0 Å². The van der Waals surface area contributed by atoms with Gasteiger partial charge in [0.25, 0.3) is 0 Å². The van der Waals surface area contributed by atoms with Crippen LogP contribution in [0.2, 0.25) is 0 Å². The van der Waals surface area contributed by atoms with E-state index in [9.17, 15) is 4.79 Å². The number of anilines is 1. The molecule has 4 heteroatoms. The Morgan fingerprint density at radius 3 is 2.45 bits per heavy atom. The average molecular weight is 422 g/mol. The second-order valence-corrected chi connectivity index (χ2v) is 8.41. The summed E-state index contributed by atoms with van der Waals surface area (Å²) in [6.45, 7) is 8.81. The van der Waals surface area contributed by atoms with E-state index in [0.717, 1.165) is 35.4 Å². The van der Waals surface area contributed by atoms with Gasteiger partial charge in [-0.1, -0.05) is 63.5 Å². The first-order valence-corrected chi connectivity index (χ1v) is 11.4. The summed E-state index contributed by atoms with van der Waals surface area (Å²) in [4.78, 5) is 14.4. The maximum absolute atomic E-state index is 12.5.